The lowest BCUT2D eigenvalue weighted by molar-refractivity contribution is 0.102. The van der Waals surface area contributed by atoms with Gasteiger partial charge in [0.25, 0.3) is 5.91 Å². The molecule has 3 aliphatic carbocycles. The lowest BCUT2D eigenvalue weighted by Gasteiger charge is -2.44. The van der Waals surface area contributed by atoms with Gasteiger partial charge in [-0.05, 0) is 80.1 Å². The van der Waals surface area contributed by atoms with Gasteiger partial charge in [0.1, 0.15) is 0 Å². The summed E-state index contributed by atoms with van der Waals surface area (Å²) in [7, 11) is 0. The van der Waals surface area contributed by atoms with E-state index in [1.54, 1.807) is 0 Å². The molecule has 1 atom stereocenters. The minimum atomic E-state index is -0.213. The van der Waals surface area contributed by atoms with Crippen LogP contribution in [0.4, 0.5) is 10.8 Å². The number of anilines is 2. The molecule has 2 N–H and O–H groups in total. The summed E-state index contributed by atoms with van der Waals surface area (Å²) in [6.45, 7) is 0. The van der Waals surface area contributed by atoms with Crippen molar-refractivity contribution in [3.8, 4) is 0 Å². The molecule has 5 rings (SSSR count). The van der Waals surface area contributed by atoms with E-state index in [1.165, 1.54) is 74.7 Å². The maximum absolute atomic E-state index is 12.6. The fourth-order valence-corrected chi connectivity index (χ4v) is 6.37. The van der Waals surface area contributed by atoms with Crippen LogP contribution in [0, 0.1) is 5.41 Å². The van der Waals surface area contributed by atoms with E-state index in [0.717, 1.165) is 24.2 Å². The maximum Gasteiger partial charge on any atom is 0.286 e. The molecular formula is C26H32N4OS. The van der Waals surface area contributed by atoms with E-state index < -0.39 is 0 Å². The number of allylic oxidation sites excluding steroid dienone is 3. The second kappa shape index (κ2) is 9.57. The van der Waals surface area contributed by atoms with Crippen LogP contribution in [0.2, 0.25) is 0 Å². The number of carbonyl (C=O) groups is 1. The summed E-state index contributed by atoms with van der Waals surface area (Å²) in [4.78, 5) is 12.6. The van der Waals surface area contributed by atoms with Gasteiger partial charge < -0.3 is 10.6 Å². The summed E-state index contributed by atoms with van der Waals surface area (Å²) < 4.78 is 0. The van der Waals surface area contributed by atoms with Gasteiger partial charge in [-0.1, -0.05) is 61.3 Å². The van der Waals surface area contributed by atoms with Crippen molar-refractivity contribution in [3.63, 3.8) is 0 Å². The first-order valence-electron chi connectivity index (χ1n) is 12.1. The quantitative estimate of drug-likeness (QED) is 0.514. The van der Waals surface area contributed by atoms with Crippen molar-refractivity contribution in [1.29, 1.82) is 0 Å². The highest BCUT2D eigenvalue weighted by molar-refractivity contribution is 7.17. The number of aromatic nitrogens is 2. The third-order valence-corrected chi connectivity index (χ3v) is 8.20. The Morgan fingerprint density at radius 3 is 2.59 bits per heavy atom. The van der Waals surface area contributed by atoms with Crippen LogP contribution >= 0.6 is 11.3 Å². The Hall–Kier alpha value is -2.47. The molecule has 0 radical (unpaired) electrons. The molecule has 1 amide bonds. The van der Waals surface area contributed by atoms with Crippen LogP contribution in [-0.4, -0.2) is 16.1 Å². The van der Waals surface area contributed by atoms with E-state index in [-0.39, 0.29) is 5.91 Å². The Labute approximate surface area is 194 Å². The zero-order valence-electron chi connectivity index (χ0n) is 18.6. The molecule has 2 saturated carbocycles. The highest BCUT2D eigenvalue weighted by atomic mass is 32.1. The fraction of sp³-hybridized carbons (Fsp3) is 0.500. The highest BCUT2D eigenvalue weighted by Crippen LogP contribution is 2.51. The lowest BCUT2D eigenvalue weighted by atomic mass is 9.61. The summed E-state index contributed by atoms with van der Waals surface area (Å²) >= 11 is 1.27. The largest absolute Gasteiger partial charge is 0.330 e. The van der Waals surface area contributed by atoms with E-state index in [1.807, 2.05) is 18.2 Å². The molecular weight excluding hydrogens is 416 g/mol. The number of rotatable bonds is 5. The SMILES string of the molecule is O=C(Nc1ccc(C2CCCC3(CCCCC3)C2)cc1)c1nnc(NC2=CCCC=C2)s1. The van der Waals surface area contributed by atoms with Gasteiger partial charge in [-0.25, -0.2) is 0 Å². The Bertz CT molecular complexity index is 996. The summed E-state index contributed by atoms with van der Waals surface area (Å²) in [5.74, 6) is 0.446. The molecule has 3 aliphatic rings. The summed E-state index contributed by atoms with van der Waals surface area (Å²) in [5.41, 5.74) is 3.84. The van der Waals surface area contributed by atoms with Crippen LogP contribution in [0.15, 0.2) is 48.2 Å². The third kappa shape index (κ3) is 4.96. The number of hydrogen-bond acceptors (Lipinski definition) is 5. The number of benzene rings is 1. The predicted molar refractivity (Wildman–Crippen MR) is 131 cm³/mol. The molecule has 1 aromatic heterocycles. The molecule has 0 saturated heterocycles. The van der Waals surface area contributed by atoms with Crippen molar-refractivity contribution >= 4 is 28.1 Å². The maximum atomic E-state index is 12.6. The lowest BCUT2D eigenvalue weighted by Crippen LogP contribution is -2.30. The van der Waals surface area contributed by atoms with Gasteiger partial charge >= 0.3 is 0 Å². The first-order valence-corrected chi connectivity index (χ1v) is 12.9. The molecule has 0 aliphatic heterocycles. The molecule has 32 heavy (non-hydrogen) atoms. The normalized spacial score (nSPS) is 22.4. The number of carbonyl (C=O) groups excluding carboxylic acids is 1. The molecule has 1 unspecified atom stereocenters. The minimum absolute atomic E-state index is 0.213. The highest BCUT2D eigenvalue weighted by Gasteiger charge is 2.37. The molecule has 0 bridgehead atoms. The van der Waals surface area contributed by atoms with Gasteiger partial charge in [0.15, 0.2) is 0 Å². The zero-order chi connectivity index (χ0) is 21.8. The Morgan fingerprint density at radius 2 is 1.81 bits per heavy atom. The number of nitrogens with zero attached hydrogens (tertiary/aromatic N) is 2. The standard InChI is InChI=1S/C26H32N4OS/c31-23(24-29-30-25(32-24)28-21-9-3-1-4-10-21)27-22-13-11-19(12-14-22)20-8-7-17-26(18-20)15-5-2-6-16-26/h3,9-14,20H,1-2,4-8,15-18H2,(H,27,31)(H,28,30). The van der Waals surface area contributed by atoms with Gasteiger partial charge in [0.2, 0.25) is 10.1 Å². The molecule has 5 nitrogen and oxygen atoms in total. The van der Waals surface area contributed by atoms with Gasteiger partial charge in [-0.15, -0.1) is 10.2 Å². The molecule has 1 spiro atoms. The van der Waals surface area contributed by atoms with Gasteiger partial charge in [-0.2, -0.15) is 0 Å². The van der Waals surface area contributed by atoms with Crippen molar-refractivity contribution in [2.75, 3.05) is 10.6 Å². The summed E-state index contributed by atoms with van der Waals surface area (Å²) in [6, 6.07) is 8.48. The Morgan fingerprint density at radius 1 is 1.00 bits per heavy atom. The van der Waals surface area contributed by atoms with Gasteiger partial charge in [-0.3, -0.25) is 4.79 Å². The fourth-order valence-electron chi connectivity index (χ4n) is 5.71. The van der Waals surface area contributed by atoms with Gasteiger partial charge in [0.05, 0.1) is 0 Å². The third-order valence-electron chi connectivity index (χ3n) is 7.36. The van der Waals surface area contributed by atoms with Crippen molar-refractivity contribution in [1.82, 2.24) is 10.2 Å². The van der Waals surface area contributed by atoms with Crippen LogP contribution < -0.4 is 10.6 Å². The van der Waals surface area contributed by atoms with E-state index in [9.17, 15) is 4.79 Å². The van der Waals surface area contributed by atoms with Gasteiger partial charge in [0, 0.05) is 11.4 Å². The number of hydrogen-bond donors (Lipinski definition) is 2. The Balaban J connectivity index is 1.19. The van der Waals surface area contributed by atoms with Crippen molar-refractivity contribution in [2.45, 2.75) is 76.5 Å². The topological polar surface area (TPSA) is 66.9 Å². The van der Waals surface area contributed by atoms with E-state index in [4.69, 9.17) is 0 Å². The molecule has 6 heteroatoms. The van der Waals surface area contributed by atoms with E-state index in [2.05, 4.69) is 45.1 Å². The molecule has 1 heterocycles. The zero-order valence-corrected chi connectivity index (χ0v) is 19.4. The second-order valence-electron chi connectivity index (χ2n) is 9.61. The smallest absolute Gasteiger partial charge is 0.286 e. The minimum Gasteiger partial charge on any atom is -0.330 e. The second-order valence-corrected chi connectivity index (χ2v) is 10.6. The van der Waals surface area contributed by atoms with Crippen LogP contribution in [0.1, 0.15) is 91.9 Å². The van der Waals surface area contributed by atoms with Crippen LogP contribution in [-0.2, 0) is 0 Å². The summed E-state index contributed by atoms with van der Waals surface area (Å²) in [5, 5.41) is 15.4. The average Bonchev–Trinajstić information content (AvgIpc) is 3.29. The first kappa shape index (κ1) is 21.4. The van der Waals surface area contributed by atoms with E-state index in [0.29, 0.717) is 21.5 Å². The number of nitrogens with one attached hydrogen (secondary N) is 2. The molecule has 168 valence electrons. The van der Waals surface area contributed by atoms with Crippen LogP contribution in [0.3, 0.4) is 0 Å². The predicted octanol–water partition coefficient (Wildman–Crippen LogP) is 7.04. The van der Waals surface area contributed by atoms with Crippen molar-refractivity contribution in [2.24, 2.45) is 5.41 Å². The molecule has 1 aromatic carbocycles. The molecule has 2 fully saturated rings. The number of amides is 1. The van der Waals surface area contributed by atoms with Crippen molar-refractivity contribution < 1.29 is 4.79 Å². The Kier molecular flexibility index (Phi) is 6.39. The first-order chi connectivity index (χ1) is 15.7. The van der Waals surface area contributed by atoms with Crippen LogP contribution in [0.25, 0.3) is 0 Å². The monoisotopic (exact) mass is 448 g/mol. The average molecular weight is 449 g/mol. The van der Waals surface area contributed by atoms with E-state index >= 15 is 0 Å². The van der Waals surface area contributed by atoms with Crippen molar-refractivity contribution in [3.05, 3.63) is 58.8 Å². The van der Waals surface area contributed by atoms with Crippen LogP contribution in [0.5, 0.6) is 0 Å². The molecule has 2 aromatic rings. The summed E-state index contributed by atoms with van der Waals surface area (Å²) in [6.07, 6.45) is 20.9.